The van der Waals surface area contributed by atoms with Crippen LogP contribution < -0.4 is 5.73 Å². The first-order chi connectivity index (χ1) is 9.50. The summed E-state index contributed by atoms with van der Waals surface area (Å²) in [6.45, 7) is 0.0540. The average Bonchev–Trinajstić information content (AvgIpc) is 2.41. The molecule has 0 aliphatic heterocycles. The topological polar surface area (TPSA) is 60.2 Å². The molecule has 20 heavy (non-hydrogen) atoms. The smallest absolute Gasteiger partial charge is 0.158 e. The van der Waals surface area contributed by atoms with E-state index in [1.54, 1.807) is 24.3 Å². The minimum atomic E-state index is -3.29. The van der Waals surface area contributed by atoms with E-state index in [9.17, 15) is 12.8 Å². The van der Waals surface area contributed by atoms with Gasteiger partial charge in [-0.05, 0) is 17.2 Å². The Labute approximate surface area is 118 Å². The van der Waals surface area contributed by atoms with Crippen LogP contribution in [0, 0.1) is 5.82 Å². The second kappa shape index (κ2) is 6.15. The third-order valence-electron chi connectivity index (χ3n) is 2.95. The summed E-state index contributed by atoms with van der Waals surface area (Å²) in [5, 5.41) is 0. The van der Waals surface area contributed by atoms with Gasteiger partial charge < -0.3 is 5.73 Å². The van der Waals surface area contributed by atoms with Crippen molar-refractivity contribution in [1.29, 1.82) is 0 Å². The van der Waals surface area contributed by atoms with E-state index in [1.807, 2.05) is 6.07 Å². The third kappa shape index (κ3) is 3.88. The van der Waals surface area contributed by atoms with Crippen molar-refractivity contribution in [2.45, 2.75) is 18.1 Å². The van der Waals surface area contributed by atoms with E-state index in [1.165, 1.54) is 18.2 Å². The van der Waals surface area contributed by atoms with Gasteiger partial charge in [0.1, 0.15) is 5.82 Å². The van der Waals surface area contributed by atoms with Gasteiger partial charge in [-0.15, -0.1) is 0 Å². The molecule has 2 aromatic rings. The number of sulfone groups is 1. The van der Waals surface area contributed by atoms with Crippen LogP contribution in [0.3, 0.4) is 0 Å². The molecule has 0 aliphatic carbocycles. The van der Waals surface area contributed by atoms with Crippen LogP contribution in [0.4, 0.5) is 4.39 Å². The number of hydrogen-bond acceptors (Lipinski definition) is 3. The maximum absolute atomic E-state index is 13.3. The fraction of sp³-hybridized carbons (Fsp3) is 0.200. The first-order valence-corrected chi connectivity index (χ1v) is 8.04. The molecule has 0 aromatic heterocycles. The molecule has 0 radical (unpaired) electrons. The van der Waals surface area contributed by atoms with Gasteiger partial charge >= 0.3 is 0 Å². The van der Waals surface area contributed by atoms with Crippen LogP contribution >= 0.6 is 0 Å². The van der Waals surface area contributed by atoms with Gasteiger partial charge in [0.05, 0.1) is 11.5 Å². The number of nitrogens with two attached hydrogens (primary N) is 1. The quantitative estimate of drug-likeness (QED) is 0.921. The molecule has 2 aromatic carbocycles. The van der Waals surface area contributed by atoms with E-state index in [0.717, 1.165) is 5.56 Å². The SMILES string of the molecule is NCc1cc(CS(=O)(=O)Cc2ccccc2)ccc1F. The van der Waals surface area contributed by atoms with Crippen LogP contribution in [0.15, 0.2) is 48.5 Å². The van der Waals surface area contributed by atoms with E-state index >= 15 is 0 Å². The molecule has 0 saturated heterocycles. The van der Waals surface area contributed by atoms with Crippen molar-refractivity contribution >= 4 is 9.84 Å². The molecular formula is C15H16FNO2S. The Kier molecular flexibility index (Phi) is 4.52. The van der Waals surface area contributed by atoms with Gasteiger partial charge in [0.25, 0.3) is 0 Å². The molecular weight excluding hydrogens is 277 g/mol. The van der Waals surface area contributed by atoms with Crippen molar-refractivity contribution in [2.24, 2.45) is 5.73 Å². The first kappa shape index (κ1) is 14.7. The number of hydrogen-bond donors (Lipinski definition) is 1. The fourth-order valence-electron chi connectivity index (χ4n) is 2.01. The molecule has 2 N–H and O–H groups in total. The van der Waals surface area contributed by atoms with E-state index in [4.69, 9.17) is 5.73 Å². The molecule has 106 valence electrons. The maximum atomic E-state index is 13.3. The Hall–Kier alpha value is -1.72. The van der Waals surface area contributed by atoms with Crippen molar-refractivity contribution < 1.29 is 12.8 Å². The highest BCUT2D eigenvalue weighted by atomic mass is 32.2. The summed E-state index contributed by atoms with van der Waals surface area (Å²) >= 11 is 0. The van der Waals surface area contributed by atoms with E-state index in [-0.39, 0.29) is 18.1 Å². The highest BCUT2D eigenvalue weighted by Crippen LogP contribution is 2.15. The summed E-state index contributed by atoms with van der Waals surface area (Å²) in [7, 11) is -3.29. The predicted octanol–water partition coefficient (Wildman–Crippen LogP) is 2.40. The molecule has 2 rings (SSSR count). The normalized spacial score (nSPS) is 11.5. The van der Waals surface area contributed by atoms with Crippen molar-refractivity contribution in [3.63, 3.8) is 0 Å². The standard InChI is InChI=1S/C15H16FNO2S/c16-15-7-6-13(8-14(15)9-17)11-20(18,19)10-12-4-2-1-3-5-12/h1-8H,9-11,17H2. The first-order valence-electron chi connectivity index (χ1n) is 6.22. The zero-order chi connectivity index (χ0) is 14.6. The Morgan fingerprint density at radius 3 is 2.25 bits per heavy atom. The van der Waals surface area contributed by atoms with Gasteiger partial charge in [-0.3, -0.25) is 0 Å². The lowest BCUT2D eigenvalue weighted by atomic mass is 10.1. The summed E-state index contributed by atoms with van der Waals surface area (Å²) in [6.07, 6.45) is 0. The Morgan fingerprint density at radius 1 is 0.950 bits per heavy atom. The largest absolute Gasteiger partial charge is 0.326 e. The third-order valence-corrected chi connectivity index (χ3v) is 4.49. The van der Waals surface area contributed by atoms with Crippen molar-refractivity contribution in [2.75, 3.05) is 0 Å². The van der Waals surface area contributed by atoms with E-state index < -0.39 is 15.7 Å². The molecule has 0 amide bonds. The minimum Gasteiger partial charge on any atom is -0.326 e. The summed E-state index contributed by atoms with van der Waals surface area (Å²) < 4.78 is 37.6. The Morgan fingerprint density at radius 2 is 1.60 bits per heavy atom. The minimum absolute atomic E-state index is 0.0246. The van der Waals surface area contributed by atoms with Crippen LogP contribution in [-0.2, 0) is 27.9 Å². The molecule has 0 bridgehead atoms. The lowest BCUT2D eigenvalue weighted by molar-refractivity contribution is 0.593. The zero-order valence-corrected chi connectivity index (χ0v) is 11.7. The lowest BCUT2D eigenvalue weighted by Crippen LogP contribution is -2.09. The van der Waals surface area contributed by atoms with Crippen LogP contribution in [0.5, 0.6) is 0 Å². The summed E-state index contributed by atoms with van der Waals surface area (Å²) in [5.74, 6) is -0.546. The molecule has 0 atom stereocenters. The van der Waals surface area contributed by atoms with Crippen molar-refractivity contribution in [3.05, 3.63) is 71.0 Å². The van der Waals surface area contributed by atoms with Crippen LogP contribution in [0.25, 0.3) is 0 Å². The number of benzene rings is 2. The van der Waals surface area contributed by atoms with Crippen molar-refractivity contribution in [1.82, 2.24) is 0 Å². The van der Waals surface area contributed by atoms with Gasteiger partial charge in [0.2, 0.25) is 0 Å². The second-order valence-corrected chi connectivity index (χ2v) is 6.71. The van der Waals surface area contributed by atoms with Crippen LogP contribution in [0.1, 0.15) is 16.7 Å². The molecule has 0 spiro atoms. The number of halogens is 1. The van der Waals surface area contributed by atoms with Gasteiger partial charge in [0, 0.05) is 12.1 Å². The summed E-state index contributed by atoms with van der Waals surface area (Å²) in [4.78, 5) is 0. The zero-order valence-electron chi connectivity index (χ0n) is 10.9. The van der Waals surface area contributed by atoms with E-state index in [0.29, 0.717) is 11.1 Å². The lowest BCUT2D eigenvalue weighted by Gasteiger charge is -2.07. The Bertz CT molecular complexity index is 684. The van der Waals surface area contributed by atoms with Crippen LogP contribution in [0.2, 0.25) is 0 Å². The monoisotopic (exact) mass is 293 g/mol. The molecule has 0 unspecified atom stereocenters. The molecule has 3 nitrogen and oxygen atoms in total. The predicted molar refractivity (Wildman–Crippen MR) is 77.1 cm³/mol. The van der Waals surface area contributed by atoms with E-state index in [2.05, 4.69) is 0 Å². The van der Waals surface area contributed by atoms with Gasteiger partial charge in [-0.25, -0.2) is 12.8 Å². The highest BCUT2D eigenvalue weighted by Gasteiger charge is 2.14. The molecule has 0 aliphatic rings. The van der Waals surface area contributed by atoms with Gasteiger partial charge in [-0.2, -0.15) is 0 Å². The van der Waals surface area contributed by atoms with Gasteiger partial charge in [0.15, 0.2) is 9.84 Å². The van der Waals surface area contributed by atoms with Crippen LogP contribution in [-0.4, -0.2) is 8.42 Å². The van der Waals surface area contributed by atoms with Gasteiger partial charge in [-0.1, -0.05) is 42.5 Å². The Balaban J connectivity index is 2.16. The van der Waals surface area contributed by atoms with Crippen molar-refractivity contribution in [3.8, 4) is 0 Å². The molecule has 0 fully saturated rings. The fourth-order valence-corrected chi connectivity index (χ4v) is 3.50. The second-order valence-electron chi connectivity index (χ2n) is 4.65. The molecule has 5 heteroatoms. The highest BCUT2D eigenvalue weighted by molar-refractivity contribution is 7.89. The summed E-state index contributed by atoms with van der Waals surface area (Å²) in [5.41, 5.74) is 7.05. The average molecular weight is 293 g/mol. The molecule has 0 saturated carbocycles. The maximum Gasteiger partial charge on any atom is 0.158 e. The number of rotatable bonds is 5. The summed E-state index contributed by atoms with van der Waals surface area (Å²) in [6, 6.07) is 13.2. The molecule has 0 heterocycles.